The topological polar surface area (TPSA) is 32.3 Å². The molecule has 0 bridgehead atoms. The molecule has 1 N–H and O–H groups in total. The molecule has 0 spiro atoms. The first-order chi connectivity index (χ1) is 11.0. The summed E-state index contributed by atoms with van der Waals surface area (Å²) in [6.45, 7) is 4.82. The summed E-state index contributed by atoms with van der Waals surface area (Å²) in [6, 6.07) is 12.1. The van der Waals surface area contributed by atoms with Crippen molar-refractivity contribution >= 4 is 23.5 Å². The van der Waals surface area contributed by atoms with Gasteiger partial charge in [-0.3, -0.25) is 0 Å². The van der Waals surface area contributed by atoms with Gasteiger partial charge in [-0.1, -0.05) is 29.8 Å². The fraction of sp³-hybridized carbons (Fsp3) is 0.278. The molecule has 3 nitrogen and oxygen atoms in total. The first-order valence-corrected chi connectivity index (χ1v) is 8.61. The number of carbonyl (C=O) groups excluding carboxylic acids is 1. The van der Waals surface area contributed by atoms with Crippen LogP contribution in [0, 0.1) is 19.7 Å². The number of aryl methyl sites for hydroxylation is 2. The average Bonchev–Trinajstić information content (AvgIpc) is 2.96. The van der Waals surface area contributed by atoms with Gasteiger partial charge in [0.2, 0.25) is 0 Å². The molecular weight excluding hydrogens is 311 g/mol. The molecule has 0 saturated carbocycles. The minimum atomic E-state index is -0.357. The van der Waals surface area contributed by atoms with Gasteiger partial charge >= 0.3 is 6.03 Å². The minimum Gasteiger partial charge on any atom is -0.308 e. The zero-order valence-electron chi connectivity index (χ0n) is 13.2. The SMILES string of the molecule is Cc1ccc([C@@H]2SCCN2C(=O)Nc2cccc(F)c2)c(C)c1. The number of hydrogen-bond donors (Lipinski definition) is 1. The van der Waals surface area contributed by atoms with E-state index in [-0.39, 0.29) is 17.2 Å². The van der Waals surface area contributed by atoms with Gasteiger partial charge < -0.3 is 10.2 Å². The van der Waals surface area contributed by atoms with Gasteiger partial charge in [0.05, 0.1) is 0 Å². The Morgan fingerprint density at radius 2 is 2.09 bits per heavy atom. The van der Waals surface area contributed by atoms with Crippen LogP contribution in [0.1, 0.15) is 22.1 Å². The van der Waals surface area contributed by atoms with Crippen molar-refractivity contribution in [3.8, 4) is 0 Å². The number of hydrogen-bond acceptors (Lipinski definition) is 2. The number of carbonyl (C=O) groups is 1. The average molecular weight is 330 g/mol. The van der Waals surface area contributed by atoms with E-state index in [4.69, 9.17) is 0 Å². The van der Waals surface area contributed by atoms with Crippen LogP contribution in [0.5, 0.6) is 0 Å². The van der Waals surface area contributed by atoms with Crippen LogP contribution in [0.25, 0.3) is 0 Å². The molecule has 1 aliphatic rings. The molecule has 0 unspecified atom stereocenters. The molecule has 1 saturated heterocycles. The van der Waals surface area contributed by atoms with E-state index in [1.54, 1.807) is 23.9 Å². The summed E-state index contributed by atoms with van der Waals surface area (Å²) in [7, 11) is 0. The van der Waals surface area contributed by atoms with Crippen LogP contribution in [0.3, 0.4) is 0 Å². The highest BCUT2D eigenvalue weighted by atomic mass is 32.2. The Labute approximate surface area is 139 Å². The van der Waals surface area contributed by atoms with Crippen molar-refractivity contribution in [3.05, 3.63) is 65.0 Å². The molecule has 1 fully saturated rings. The van der Waals surface area contributed by atoms with Gasteiger partial charge in [0.15, 0.2) is 0 Å². The number of nitrogens with zero attached hydrogens (tertiary/aromatic N) is 1. The van der Waals surface area contributed by atoms with Crippen LogP contribution in [0.2, 0.25) is 0 Å². The summed E-state index contributed by atoms with van der Waals surface area (Å²) in [5.41, 5.74) is 4.04. The van der Waals surface area contributed by atoms with E-state index >= 15 is 0 Å². The summed E-state index contributed by atoms with van der Waals surface area (Å²) in [6.07, 6.45) is 0. The maximum Gasteiger partial charge on any atom is 0.323 e. The predicted octanol–water partition coefficient (Wildman–Crippen LogP) is 4.72. The molecule has 23 heavy (non-hydrogen) atoms. The third-order valence-electron chi connectivity index (χ3n) is 3.92. The molecular formula is C18H19FN2OS. The van der Waals surface area contributed by atoms with Crippen LogP contribution in [-0.4, -0.2) is 23.2 Å². The molecule has 1 heterocycles. The molecule has 0 radical (unpaired) electrons. The van der Waals surface area contributed by atoms with Crippen molar-refractivity contribution < 1.29 is 9.18 Å². The van der Waals surface area contributed by atoms with Crippen LogP contribution in [0.4, 0.5) is 14.9 Å². The van der Waals surface area contributed by atoms with Gasteiger partial charge in [0.25, 0.3) is 0 Å². The third-order valence-corrected chi connectivity index (χ3v) is 5.16. The number of halogens is 1. The lowest BCUT2D eigenvalue weighted by Gasteiger charge is -2.25. The van der Waals surface area contributed by atoms with Gasteiger partial charge in [-0.25, -0.2) is 9.18 Å². The molecule has 0 aliphatic carbocycles. The summed E-state index contributed by atoms with van der Waals surface area (Å²) in [4.78, 5) is 14.4. The number of amides is 2. The normalized spacial score (nSPS) is 17.3. The quantitative estimate of drug-likeness (QED) is 0.864. The molecule has 2 aromatic carbocycles. The number of anilines is 1. The van der Waals surface area contributed by atoms with E-state index in [9.17, 15) is 9.18 Å². The first kappa shape index (κ1) is 15.9. The van der Waals surface area contributed by atoms with Crippen molar-refractivity contribution in [2.45, 2.75) is 19.2 Å². The van der Waals surface area contributed by atoms with E-state index in [0.717, 1.165) is 11.3 Å². The van der Waals surface area contributed by atoms with Crippen LogP contribution in [-0.2, 0) is 0 Å². The molecule has 5 heteroatoms. The van der Waals surface area contributed by atoms with E-state index in [0.29, 0.717) is 12.2 Å². The summed E-state index contributed by atoms with van der Waals surface area (Å²) in [5.74, 6) is 0.540. The maximum atomic E-state index is 13.3. The number of urea groups is 1. The van der Waals surface area contributed by atoms with Gasteiger partial charge in [0, 0.05) is 18.0 Å². The second-order valence-electron chi connectivity index (χ2n) is 5.72. The monoisotopic (exact) mass is 330 g/mol. The van der Waals surface area contributed by atoms with Crippen molar-refractivity contribution in [3.63, 3.8) is 0 Å². The third kappa shape index (κ3) is 3.50. The second-order valence-corrected chi connectivity index (χ2v) is 6.91. The van der Waals surface area contributed by atoms with Crippen molar-refractivity contribution in [1.82, 2.24) is 4.90 Å². The Hall–Kier alpha value is -2.01. The standard InChI is InChI=1S/C18H19FN2OS/c1-12-6-7-16(13(2)10-12)17-21(8-9-23-17)18(22)20-15-5-3-4-14(19)11-15/h3-7,10-11,17H,8-9H2,1-2H3,(H,20,22)/t17-/m0/s1. The molecule has 1 aliphatic heterocycles. The summed E-state index contributed by atoms with van der Waals surface area (Å²) in [5, 5.41) is 2.79. The van der Waals surface area contributed by atoms with Crippen molar-refractivity contribution in [2.75, 3.05) is 17.6 Å². The second kappa shape index (κ2) is 6.62. The van der Waals surface area contributed by atoms with Gasteiger partial charge in [-0.05, 0) is 43.2 Å². The van der Waals surface area contributed by atoms with Crippen LogP contribution >= 0.6 is 11.8 Å². The highest BCUT2D eigenvalue weighted by molar-refractivity contribution is 7.99. The molecule has 2 aromatic rings. The Bertz CT molecular complexity index is 735. The van der Waals surface area contributed by atoms with Gasteiger partial charge in [-0.2, -0.15) is 0 Å². The number of thioether (sulfide) groups is 1. The van der Waals surface area contributed by atoms with Gasteiger partial charge in [0.1, 0.15) is 11.2 Å². The highest BCUT2D eigenvalue weighted by Crippen LogP contribution is 2.39. The molecule has 1 atom stereocenters. The summed E-state index contributed by atoms with van der Waals surface area (Å²) < 4.78 is 13.3. The van der Waals surface area contributed by atoms with E-state index in [1.165, 1.54) is 23.3 Å². The number of benzene rings is 2. The van der Waals surface area contributed by atoms with E-state index in [1.807, 2.05) is 4.90 Å². The van der Waals surface area contributed by atoms with Crippen molar-refractivity contribution in [2.24, 2.45) is 0 Å². The smallest absolute Gasteiger partial charge is 0.308 e. The number of nitrogens with one attached hydrogen (secondary N) is 1. The largest absolute Gasteiger partial charge is 0.323 e. The first-order valence-electron chi connectivity index (χ1n) is 7.56. The van der Waals surface area contributed by atoms with E-state index < -0.39 is 0 Å². The lowest BCUT2D eigenvalue weighted by Crippen LogP contribution is -2.34. The minimum absolute atomic E-state index is 0.00385. The van der Waals surface area contributed by atoms with Crippen molar-refractivity contribution in [1.29, 1.82) is 0 Å². The van der Waals surface area contributed by atoms with Crippen LogP contribution in [0.15, 0.2) is 42.5 Å². The predicted molar refractivity (Wildman–Crippen MR) is 93.2 cm³/mol. The lowest BCUT2D eigenvalue weighted by molar-refractivity contribution is 0.214. The lowest BCUT2D eigenvalue weighted by atomic mass is 10.1. The fourth-order valence-corrected chi connectivity index (χ4v) is 4.15. The van der Waals surface area contributed by atoms with E-state index in [2.05, 4.69) is 37.4 Å². The molecule has 120 valence electrons. The number of rotatable bonds is 2. The maximum absolute atomic E-state index is 13.3. The zero-order chi connectivity index (χ0) is 16.4. The fourth-order valence-electron chi connectivity index (χ4n) is 2.80. The molecule has 0 aromatic heterocycles. The molecule has 3 rings (SSSR count). The zero-order valence-corrected chi connectivity index (χ0v) is 14.0. The highest BCUT2D eigenvalue weighted by Gasteiger charge is 2.31. The Morgan fingerprint density at radius 1 is 1.26 bits per heavy atom. The Balaban J connectivity index is 1.79. The Kier molecular flexibility index (Phi) is 4.57. The summed E-state index contributed by atoms with van der Waals surface area (Å²) >= 11 is 1.76. The Morgan fingerprint density at radius 3 is 2.83 bits per heavy atom. The van der Waals surface area contributed by atoms with Crippen LogP contribution < -0.4 is 5.32 Å². The molecule has 2 amide bonds. The van der Waals surface area contributed by atoms with Gasteiger partial charge in [-0.15, -0.1) is 11.8 Å².